The van der Waals surface area contributed by atoms with Gasteiger partial charge in [0.05, 0.1) is 89.0 Å². The minimum absolute atomic E-state index is 1.55. The normalized spacial score (nSPS) is 11.3. The maximum absolute atomic E-state index is 13.4. The van der Waals surface area contributed by atoms with E-state index in [4.69, 9.17) is 0 Å². The zero-order chi connectivity index (χ0) is 65.4. The lowest BCUT2D eigenvalue weighted by molar-refractivity contribution is 0.0620. The van der Waals surface area contributed by atoms with Crippen molar-refractivity contribution in [3.05, 3.63) is 89.0 Å². The summed E-state index contributed by atoms with van der Waals surface area (Å²) in [6, 6.07) is 0. The Morgan fingerprint density at radius 1 is 0.182 bits per heavy atom. The van der Waals surface area contributed by atoms with Gasteiger partial charge in [0.2, 0.25) is 0 Å². The molecule has 0 aliphatic carbocycles. The standard InChI is InChI=1S/C48H18N8O32/c57-33(58)9-1-2(10(34(59)60)18(42(75)76)17(9)41(73)74)26-49-25(1)53-27-3-4(12(36(63)64)20(44(79)80)19(43(77)78)11(3)35(61)62)29(50-27)55-31-7-8(16(40(71)72)24(48(87)88)23(47(85)86)15(7)39(69)70)32(52-31)56-30-6-5(28(51-30)54-26)13(37(65)66)21(45(81)82)22(46(83)84)14(6)38(67)68/h(H,57,58)(H,59,60)(H,61,62)(H,63,64)(H,65,66)(H,67,68)(H,69,70)(H,71,72)(H,73,74)(H,75,76)(H,77,78)(H,79,80)(H,81,82)(H,83,84)(H,85,86)(H,87,88)(H2,49,50,51,52,53,54,55,56). The third-order valence-corrected chi connectivity index (χ3v) is 13.0. The molecule has 3 aromatic heterocycles. The molecule has 5 heterocycles. The van der Waals surface area contributed by atoms with Gasteiger partial charge in [0.1, 0.15) is 22.6 Å². The van der Waals surface area contributed by atoms with Crippen molar-refractivity contribution < 1.29 is 158 Å². The molecule has 0 fully saturated rings. The molecule has 18 N–H and O–H groups in total. The van der Waals surface area contributed by atoms with Crippen LogP contribution >= 0.6 is 0 Å². The number of aromatic carboxylic acids is 16. The highest BCUT2D eigenvalue weighted by Crippen LogP contribution is 2.48. The number of benzene rings is 4. The third kappa shape index (κ3) is 8.17. The van der Waals surface area contributed by atoms with Gasteiger partial charge in [-0.2, -0.15) is 0 Å². The van der Waals surface area contributed by atoms with E-state index in [1.54, 1.807) is 0 Å². The molecule has 0 radical (unpaired) electrons. The van der Waals surface area contributed by atoms with E-state index in [1.165, 1.54) is 0 Å². The molecule has 0 unspecified atom stereocenters. The van der Waals surface area contributed by atoms with Gasteiger partial charge in [-0.1, -0.05) is 0 Å². The summed E-state index contributed by atoms with van der Waals surface area (Å²) in [5, 5.41) is 163. The Balaban J connectivity index is 1.84. The van der Waals surface area contributed by atoms with E-state index in [0.29, 0.717) is 0 Å². The lowest BCUT2D eigenvalue weighted by Gasteiger charge is -2.15. The van der Waals surface area contributed by atoms with Crippen molar-refractivity contribution in [2.24, 2.45) is 0 Å². The first-order chi connectivity index (χ1) is 41.0. The van der Waals surface area contributed by atoms with E-state index in [1.807, 2.05) is 9.97 Å². The van der Waals surface area contributed by atoms with Crippen molar-refractivity contribution in [3.8, 4) is 45.6 Å². The minimum Gasteiger partial charge on any atom is -0.478 e. The second-order valence-electron chi connectivity index (χ2n) is 17.5. The highest BCUT2D eigenvalue weighted by atomic mass is 16.4. The Hall–Kier alpha value is -14.2. The molecule has 9 rings (SSSR count). The maximum Gasteiger partial charge on any atom is 0.337 e. The van der Waals surface area contributed by atoms with Crippen molar-refractivity contribution in [2.75, 3.05) is 0 Å². The summed E-state index contributed by atoms with van der Waals surface area (Å²) < 4.78 is 0. The molecule has 2 aliphatic rings. The first kappa shape index (κ1) is 58.4. The molecule has 40 heteroatoms. The van der Waals surface area contributed by atoms with Crippen LogP contribution in [0.1, 0.15) is 166 Å². The maximum atomic E-state index is 13.4. The second-order valence-corrected chi connectivity index (χ2v) is 17.5. The number of carboxylic acids is 16. The summed E-state index contributed by atoms with van der Waals surface area (Å²) in [6.07, 6.45) is 0. The first-order valence-electron chi connectivity index (χ1n) is 22.5. The summed E-state index contributed by atoms with van der Waals surface area (Å²) in [4.78, 5) is 239. The van der Waals surface area contributed by atoms with E-state index in [9.17, 15) is 158 Å². The number of hydrogen-bond acceptors (Lipinski definition) is 22. The fourth-order valence-electron chi connectivity index (χ4n) is 10.2. The van der Waals surface area contributed by atoms with Crippen LogP contribution in [0.15, 0.2) is 0 Å². The average molecular weight is 1220 g/mol. The molecule has 442 valence electrons. The van der Waals surface area contributed by atoms with E-state index in [2.05, 4.69) is 29.9 Å². The molecule has 0 amide bonds. The summed E-state index contributed by atoms with van der Waals surface area (Å²) in [6.45, 7) is 0. The molecule has 0 atom stereocenters. The van der Waals surface area contributed by atoms with Gasteiger partial charge in [0, 0.05) is 43.8 Å². The van der Waals surface area contributed by atoms with E-state index >= 15 is 0 Å². The monoisotopic (exact) mass is 1220 g/mol. The predicted molar refractivity (Wildman–Crippen MR) is 267 cm³/mol. The summed E-state index contributed by atoms with van der Waals surface area (Å²) in [5.74, 6) is -48.0. The Morgan fingerprint density at radius 3 is 0.432 bits per heavy atom. The van der Waals surface area contributed by atoms with Crippen LogP contribution in [0.4, 0.5) is 0 Å². The van der Waals surface area contributed by atoms with Gasteiger partial charge in [-0.25, -0.2) is 107 Å². The summed E-state index contributed by atoms with van der Waals surface area (Å²) >= 11 is 0. The van der Waals surface area contributed by atoms with Gasteiger partial charge >= 0.3 is 95.5 Å². The van der Waals surface area contributed by atoms with Gasteiger partial charge in [-0.3, -0.25) is 0 Å². The molecule has 7 aromatic rings. The van der Waals surface area contributed by atoms with E-state index in [0.717, 1.165) is 0 Å². The summed E-state index contributed by atoms with van der Waals surface area (Å²) in [5.41, 5.74) is -43.5. The van der Waals surface area contributed by atoms with Crippen LogP contribution in [0.5, 0.6) is 0 Å². The highest BCUT2D eigenvalue weighted by molar-refractivity contribution is 6.31. The minimum atomic E-state index is -2.60. The Morgan fingerprint density at radius 2 is 0.307 bits per heavy atom. The molecular weight excluding hydrogens is 1200 g/mol. The zero-order valence-electron chi connectivity index (χ0n) is 41.4. The Bertz CT molecular complexity index is 4420. The fraction of sp³-hybridized carbons (Fsp3) is 0. The van der Waals surface area contributed by atoms with Crippen molar-refractivity contribution >= 4 is 140 Å². The summed E-state index contributed by atoms with van der Waals surface area (Å²) in [7, 11) is 0. The van der Waals surface area contributed by atoms with Crippen LogP contribution in [0.3, 0.4) is 0 Å². The number of fused-ring (bicyclic) bond motifs is 20. The molecule has 0 spiro atoms. The van der Waals surface area contributed by atoms with Crippen molar-refractivity contribution in [1.29, 1.82) is 0 Å². The predicted octanol–water partition coefficient (Wildman–Crippen LogP) is 2.04. The largest absolute Gasteiger partial charge is 0.478 e. The molecule has 2 aliphatic heterocycles. The molecule has 40 nitrogen and oxygen atoms in total. The molecule has 4 aromatic carbocycles. The first-order valence-corrected chi connectivity index (χ1v) is 22.5. The smallest absolute Gasteiger partial charge is 0.337 e. The van der Waals surface area contributed by atoms with Gasteiger partial charge < -0.3 is 91.7 Å². The average Bonchev–Trinajstić information content (AvgIpc) is 1.55. The van der Waals surface area contributed by atoms with E-state index < -0.39 is 274 Å². The molecular formula is C48H18N8O32. The Kier molecular flexibility index (Phi) is 13.1. The van der Waals surface area contributed by atoms with Crippen molar-refractivity contribution in [2.45, 2.75) is 0 Å². The third-order valence-electron chi connectivity index (χ3n) is 13.0. The molecule has 0 saturated carbocycles. The van der Waals surface area contributed by atoms with Crippen LogP contribution in [0.25, 0.3) is 89.7 Å². The van der Waals surface area contributed by atoms with Crippen molar-refractivity contribution in [1.82, 2.24) is 39.9 Å². The number of rotatable bonds is 16. The lowest BCUT2D eigenvalue weighted by atomic mass is 9.86. The highest BCUT2D eigenvalue weighted by Gasteiger charge is 2.45. The number of carboxylic acid groups (broad SMARTS) is 16. The van der Waals surface area contributed by atoms with Gasteiger partial charge in [0.25, 0.3) is 0 Å². The number of hydrogen-bond donors (Lipinski definition) is 18. The van der Waals surface area contributed by atoms with Crippen molar-refractivity contribution in [3.63, 3.8) is 0 Å². The molecule has 88 heavy (non-hydrogen) atoms. The van der Waals surface area contributed by atoms with Gasteiger partial charge in [-0.15, -0.1) is 0 Å². The lowest BCUT2D eigenvalue weighted by Crippen LogP contribution is -2.21. The van der Waals surface area contributed by atoms with Crippen LogP contribution in [-0.4, -0.2) is 217 Å². The molecule has 0 saturated heterocycles. The topological polar surface area (TPSA) is 706 Å². The zero-order valence-corrected chi connectivity index (χ0v) is 41.4. The molecule has 8 bridgehead atoms. The van der Waals surface area contributed by atoms with Crippen LogP contribution in [0, 0.1) is 0 Å². The van der Waals surface area contributed by atoms with Crippen LogP contribution in [0.2, 0.25) is 0 Å². The second kappa shape index (κ2) is 19.7. The van der Waals surface area contributed by atoms with Gasteiger partial charge in [-0.05, 0) is 0 Å². The SMILES string of the molecule is O=C(O)c1c(C(=O)O)c(C(=O)O)c2c(c1C(=O)O)-c1nc-2nc2[nH]c(nc3nc(nc4[nH]c(n1)c1c(C(=O)O)c(C(=O)O)c(C(=O)O)c(C(=O)O)c41)-c1c(C(=O)O)c(C(=O)O)c(C(=O)O)c(C(=O)O)c1-3)c1c(C(=O)O)c(C(=O)O)c(C(=O)O)c(C(=O)O)c21. The Labute approximate surface area is 471 Å². The van der Waals surface area contributed by atoms with E-state index in [-0.39, 0.29) is 0 Å². The van der Waals surface area contributed by atoms with Crippen LogP contribution in [-0.2, 0) is 0 Å². The number of nitrogens with one attached hydrogen (secondary N) is 2. The number of aromatic amines is 2. The van der Waals surface area contributed by atoms with Crippen LogP contribution < -0.4 is 0 Å². The number of carbonyl (C=O) groups is 16. The number of H-pyrrole nitrogens is 2. The number of nitrogens with zero attached hydrogens (tertiary/aromatic N) is 6. The quantitative estimate of drug-likeness (QED) is 0.0658. The fourth-order valence-corrected chi connectivity index (χ4v) is 10.2. The number of aromatic nitrogens is 8. The van der Waals surface area contributed by atoms with Gasteiger partial charge in [0.15, 0.2) is 23.3 Å².